The molecule has 180 valence electrons. The first-order valence-electron chi connectivity index (χ1n) is 11.6. The van der Waals surface area contributed by atoms with Gasteiger partial charge in [0.25, 0.3) is 5.56 Å². The van der Waals surface area contributed by atoms with Gasteiger partial charge < -0.3 is 9.80 Å². The second kappa shape index (κ2) is 9.68. The molecular weight excluding hydrogens is 467 g/mol. The number of fused-ring (bicyclic) bond motifs is 1. The maximum atomic E-state index is 13.9. The maximum absolute atomic E-state index is 13.9. The van der Waals surface area contributed by atoms with E-state index in [4.69, 9.17) is 11.6 Å². The molecule has 1 saturated heterocycles. The van der Waals surface area contributed by atoms with Crippen molar-refractivity contribution in [2.24, 2.45) is 0 Å². The van der Waals surface area contributed by atoms with Crippen molar-refractivity contribution in [3.05, 3.63) is 110 Å². The number of aromatic nitrogens is 2. The zero-order valence-corrected chi connectivity index (χ0v) is 20.2. The lowest BCUT2D eigenvalue weighted by Gasteiger charge is -2.34. The molecule has 0 aliphatic carbocycles. The monoisotopic (exact) mass is 492 g/mol. The van der Waals surface area contributed by atoms with E-state index in [1.165, 1.54) is 16.7 Å². The Morgan fingerprint density at radius 1 is 0.829 bits per heavy atom. The average Bonchev–Trinajstić information content (AvgIpc) is 2.86. The van der Waals surface area contributed by atoms with Crippen LogP contribution in [0.25, 0.3) is 10.9 Å². The van der Waals surface area contributed by atoms with Gasteiger partial charge in [-0.25, -0.2) is 9.18 Å². The molecule has 5 rings (SSSR count). The molecule has 0 amide bonds. The van der Waals surface area contributed by atoms with E-state index < -0.39 is 5.69 Å². The van der Waals surface area contributed by atoms with Gasteiger partial charge in [-0.15, -0.1) is 0 Å². The summed E-state index contributed by atoms with van der Waals surface area (Å²) in [4.78, 5) is 32.0. The number of halogens is 2. The average molecular weight is 493 g/mol. The molecule has 0 N–H and O–H groups in total. The normalized spacial score (nSPS) is 14.5. The van der Waals surface area contributed by atoms with Crippen LogP contribution in [0.3, 0.4) is 0 Å². The largest absolute Gasteiger partial charge is 0.368 e. The van der Waals surface area contributed by atoms with Crippen molar-refractivity contribution in [1.29, 1.82) is 0 Å². The molecule has 0 unspecified atom stereocenters. The molecule has 1 aromatic heterocycles. The highest BCUT2D eigenvalue weighted by molar-refractivity contribution is 6.31. The first-order valence-corrected chi connectivity index (χ1v) is 12.0. The number of rotatable bonds is 5. The molecule has 3 aromatic carbocycles. The molecule has 0 radical (unpaired) electrons. The van der Waals surface area contributed by atoms with Crippen LogP contribution in [0.2, 0.25) is 5.02 Å². The highest BCUT2D eigenvalue weighted by Gasteiger charge is 2.23. The first kappa shape index (κ1) is 23.3. The van der Waals surface area contributed by atoms with Gasteiger partial charge in [-0.1, -0.05) is 54.1 Å². The summed E-state index contributed by atoms with van der Waals surface area (Å²) >= 11 is 6.54. The Kier molecular flexibility index (Phi) is 6.45. The van der Waals surface area contributed by atoms with Crippen molar-refractivity contribution in [1.82, 2.24) is 14.0 Å². The number of hydrogen-bond acceptors (Lipinski definition) is 4. The molecule has 1 aliphatic rings. The van der Waals surface area contributed by atoms with Crippen molar-refractivity contribution in [3.8, 4) is 0 Å². The van der Waals surface area contributed by atoms with Gasteiger partial charge >= 0.3 is 5.69 Å². The van der Waals surface area contributed by atoms with Gasteiger partial charge in [-0.3, -0.25) is 13.9 Å². The van der Waals surface area contributed by atoms with Crippen LogP contribution in [-0.4, -0.2) is 47.3 Å². The number of anilines is 1. The third-order valence-corrected chi connectivity index (χ3v) is 6.77. The van der Waals surface area contributed by atoms with Crippen LogP contribution in [0.4, 0.5) is 10.1 Å². The highest BCUT2D eigenvalue weighted by Crippen LogP contribution is 2.29. The summed E-state index contributed by atoms with van der Waals surface area (Å²) in [5.41, 5.74) is 2.06. The third-order valence-electron chi connectivity index (χ3n) is 6.55. The van der Waals surface area contributed by atoms with Gasteiger partial charge in [0.15, 0.2) is 0 Å². The molecule has 2 heterocycles. The van der Waals surface area contributed by atoms with E-state index >= 15 is 0 Å². The van der Waals surface area contributed by atoms with Crippen molar-refractivity contribution < 1.29 is 4.39 Å². The Hall–Kier alpha value is -3.42. The fourth-order valence-electron chi connectivity index (χ4n) is 4.61. The number of piperazine rings is 1. The molecule has 0 spiro atoms. The quantitative estimate of drug-likeness (QED) is 0.425. The topological polar surface area (TPSA) is 50.5 Å². The van der Waals surface area contributed by atoms with Crippen molar-refractivity contribution >= 4 is 28.2 Å². The zero-order valence-electron chi connectivity index (χ0n) is 19.5. The predicted molar refractivity (Wildman–Crippen MR) is 138 cm³/mol. The summed E-state index contributed by atoms with van der Waals surface area (Å²) in [6.45, 7) is 3.57. The second-order valence-electron chi connectivity index (χ2n) is 8.98. The summed E-state index contributed by atoms with van der Waals surface area (Å²) in [6.07, 6.45) is 0. The number of benzene rings is 3. The first-order chi connectivity index (χ1) is 16.9. The minimum Gasteiger partial charge on any atom is -0.368 e. The number of likely N-dealkylation sites (N-methyl/N-ethyl adjacent to an activating group) is 1. The van der Waals surface area contributed by atoms with Gasteiger partial charge in [-0.05, 0) is 42.4 Å². The van der Waals surface area contributed by atoms with Crippen molar-refractivity contribution in [2.75, 3.05) is 38.1 Å². The Morgan fingerprint density at radius 3 is 2.14 bits per heavy atom. The molecule has 4 aromatic rings. The van der Waals surface area contributed by atoms with Gasteiger partial charge in [-0.2, -0.15) is 0 Å². The minimum atomic E-state index is -0.428. The molecule has 1 aliphatic heterocycles. The van der Waals surface area contributed by atoms with Gasteiger partial charge in [0, 0.05) is 31.2 Å². The van der Waals surface area contributed by atoms with E-state index in [2.05, 4.69) is 16.8 Å². The van der Waals surface area contributed by atoms with Crippen LogP contribution < -0.4 is 16.1 Å². The molecule has 6 nitrogen and oxygen atoms in total. The van der Waals surface area contributed by atoms with Crippen LogP contribution in [0.5, 0.6) is 0 Å². The lowest BCUT2D eigenvalue weighted by molar-refractivity contribution is 0.313. The molecule has 0 saturated carbocycles. The maximum Gasteiger partial charge on any atom is 0.332 e. The third kappa shape index (κ3) is 4.74. The number of nitrogens with zero attached hydrogens (tertiary/aromatic N) is 4. The lowest BCUT2D eigenvalue weighted by Crippen LogP contribution is -2.46. The SMILES string of the molecule is CN1CCN(c2cc(Cl)cc3c2c(=O)n(Cc2ccc(F)cc2)c(=O)n3Cc2ccccc2)CC1. The van der Waals surface area contributed by atoms with E-state index in [9.17, 15) is 14.0 Å². The summed E-state index contributed by atoms with van der Waals surface area (Å²) in [7, 11) is 2.07. The molecular formula is C27H26ClFN4O2. The summed E-state index contributed by atoms with van der Waals surface area (Å²) < 4.78 is 16.3. The van der Waals surface area contributed by atoms with Crippen LogP contribution in [0.15, 0.2) is 76.3 Å². The Labute approximate surface area is 207 Å². The van der Waals surface area contributed by atoms with Crippen molar-refractivity contribution in [3.63, 3.8) is 0 Å². The molecule has 35 heavy (non-hydrogen) atoms. The Bertz CT molecular complexity index is 1470. The Morgan fingerprint density at radius 2 is 1.46 bits per heavy atom. The van der Waals surface area contributed by atoms with Crippen LogP contribution in [-0.2, 0) is 13.1 Å². The van der Waals surface area contributed by atoms with Gasteiger partial charge in [0.2, 0.25) is 0 Å². The van der Waals surface area contributed by atoms with E-state index in [1.807, 2.05) is 36.4 Å². The van der Waals surface area contributed by atoms with Crippen LogP contribution in [0, 0.1) is 5.82 Å². The smallest absolute Gasteiger partial charge is 0.332 e. The van der Waals surface area contributed by atoms with E-state index in [0.29, 0.717) is 28.0 Å². The fraction of sp³-hybridized carbons (Fsp3) is 0.259. The van der Waals surface area contributed by atoms with Crippen LogP contribution in [0.1, 0.15) is 11.1 Å². The second-order valence-corrected chi connectivity index (χ2v) is 9.42. The predicted octanol–water partition coefficient (Wildman–Crippen LogP) is 3.80. The summed E-state index contributed by atoms with van der Waals surface area (Å²) in [5.74, 6) is -0.368. The fourth-order valence-corrected chi connectivity index (χ4v) is 4.82. The van der Waals surface area contributed by atoms with E-state index in [-0.39, 0.29) is 17.9 Å². The van der Waals surface area contributed by atoms with Gasteiger partial charge in [0.1, 0.15) is 5.82 Å². The van der Waals surface area contributed by atoms with Crippen LogP contribution >= 0.6 is 11.6 Å². The van der Waals surface area contributed by atoms with E-state index in [1.54, 1.807) is 22.8 Å². The summed E-state index contributed by atoms with van der Waals surface area (Å²) in [5, 5.41) is 0.944. The van der Waals surface area contributed by atoms with Gasteiger partial charge in [0.05, 0.1) is 29.7 Å². The van der Waals surface area contributed by atoms with Crippen molar-refractivity contribution in [2.45, 2.75) is 13.1 Å². The molecule has 1 fully saturated rings. The molecule has 0 atom stereocenters. The molecule has 0 bridgehead atoms. The standard InChI is InChI=1S/C27H26ClFN4O2/c1-30-11-13-31(14-12-30)23-15-21(28)16-24-25(23)26(34)33(18-20-7-9-22(29)10-8-20)27(35)32(24)17-19-5-3-2-4-6-19/h2-10,15-16H,11-14,17-18H2,1H3. The molecule has 8 heteroatoms. The number of hydrogen-bond donors (Lipinski definition) is 0. The highest BCUT2D eigenvalue weighted by atomic mass is 35.5. The zero-order chi connectivity index (χ0) is 24.5. The van der Waals surface area contributed by atoms with E-state index in [0.717, 1.165) is 37.4 Å². The lowest BCUT2D eigenvalue weighted by atomic mass is 10.1. The summed E-state index contributed by atoms with van der Waals surface area (Å²) in [6, 6.07) is 19.0. The Balaban J connectivity index is 1.75. The minimum absolute atomic E-state index is 0.0491.